The van der Waals surface area contributed by atoms with Crippen LogP contribution in [0.15, 0.2) is 0 Å². The van der Waals surface area contributed by atoms with Gasteiger partial charge in [-0.15, -0.1) is 0 Å². The minimum Gasteiger partial charge on any atom is -0.466 e. The zero-order chi connectivity index (χ0) is 14.1. The average molecular weight is 270 g/mol. The number of nitrogens with one attached hydrogen (secondary N) is 1. The Morgan fingerprint density at radius 1 is 1.11 bits per heavy atom. The van der Waals surface area contributed by atoms with E-state index in [1.165, 1.54) is 0 Å². The van der Waals surface area contributed by atoms with E-state index in [4.69, 9.17) is 4.74 Å². The second-order valence-electron chi connectivity index (χ2n) is 4.52. The van der Waals surface area contributed by atoms with Crippen LogP contribution < -0.4 is 5.32 Å². The minimum absolute atomic E-state index is 0.0155. The van der Waals surface area contributed by atoms with Gasteiger partial charge in [0.15, 0.2) is 0 Å². The zero-order valence-electron chi connectivity index (χ0n) is 11.4. The monoisotopic (exact) mass is 270 g/mol. The summed E-state index contributed by atoms with van der Waals surface area (Å²) in [4.78, 5) is 36.0. The van der Waals surface area contributed by atoms with Crippen LogP contribution in [0.25, 0.3) is 0 Å². The van der Waals surface area contributed by atoms with Gasteiger partial charge >= 0.3 is 5.97 Å². The van der Waals surface area contributed by atoms with Crippen molar-refractivity contribution >= 4 is 17.8 Å². The summed E-state index contributed by atoms with van der Waals surface area (Å²) >= 11 is 0. The lowest BCUT2D eigenvalue weighted by molar-refractivity contribution is -0.144. The first-order valence-corrected chi connectivity index (χ1v) is 6.83. The lowest BCUT2D eigenvalue weighted by Crippen LogP contribution is -2.42. The van der Waals surface area contributed by atoms with Crippen molar-refractivity contribution in [2.45, 2.75) is 39.0 Å². The van der Waals surface area contributed by atoms with Gasteiger partial charge in [-0.3, -0.25) is 14.4 Å². The van der Waals surface area contributed by atoms with Gasteiger partial charge in [0.2, 0.25) is 11.8 Å². The molecule has 0 aliphatic carbocycles. The van der Waals surface area contributed by atoms with Gasteiger partial charge in [0, 0.05) is 19.5 Å². The summed E-state index contributed by atoms with van der Waals surface area (Å²) in [6, 6.07) is 0. The molecule has 1 rings (SSSR count). The number of hydrogen-bond acceptors (Lipinski definition) is 4. The van der Waals surface area contributed by atoms with E-state index in [-0.39, 0.29) is 37.2 Å². The fourth-order valence-corrected chi connectivity index (χ4v) is 1.97. The SMILES string of the molecule is CCOC(=O)CCC(=O)NCC(=O)N1CCCCC1. The van der Waals surface area contributed by atoms with Gasteiger partial charge in [0.1, 0.15) is 0 Å². The lowest BCUT2D eigenvalue weighted by atomic mass is 10.1. The van der Waals surface area contributed by atoms with Crippen molar-refractivity contribution < 1.29 is 19.1 Å². The number of ether oxygens (including phenoxy) is 1. The number of esters is 1. The Labute approximate surface area is 113 Å². The Hall–Kier alpha value is -1.59. The van der Waals surface area contributed by atoms with Crippen molar-refractivity contribution in [3.8, 4) is 0 Å². The molecule has 19 heavy (non-hydrogen) atoms. The Morgan fingerprint density at radius 2 is 1.79 bits per heavy atom. The molecule has 1 aliphatic rings. The van der Waals surface area contributed by atoms with Gasteiger partial charge in [-0.1, -0.05) is 0 Å². The molecule has 1 heterocycles. The number of carbonyl (C=O) groups is 3. The first kappa shape index (κ1) is 15.5. The van der Waals surface area contributed by atoms with Crippen molar-refractivity contribution in [1.29, 1.82) is 0 Å². The predicted molar refractivity (Wildman–Crippen MR) is 69.3 cm³/mol. The number of amides is 2. The largest absolute Gasteiger partial charge is 0.466 e. The molecule has 0 aromatic heterocycles. The van der Waals surface area contributed by atoms with Gasteiger partial charge in [0.25, 0.3) is 0 Å². The normalized spacial score (nSPS) is 14.9. The fourth-order valence-electron chi connectivity index (χ4n) is 1.97. The average Bonchev–Trinajstić information content (AvgIpc) is 2.44. The molecule has 0 radical (unpaired) electrons. The van der Waals surface area contributed by atoms with Crippen molar-refractivity contribution in [1.82, 2.24) is 10.2 Å². The summed E-state index contributed by atoms with van der Waals surface area (Å²) in [5.74, 6) is -0.734. The molecule has 6 nitrogen and oxygen atoms in total. The third kappa shape index (κ3) is 6.22. The molecule has 6 heteroatoms. The topological polar surface area (TPSA) is 75.7 Å². The Balaban J connectivity index is 2.15. The molecular weight excluding hydrogens is 248 g/mol. The van der Waals surface area contributed by atoms with Crippen molar-refractivity contribution in [3.05, 3.63) is 0 Å². The quantitative estimate of drug-likeness (QED) is 0.711. The molecule has 0 saturated carbocycles. The molecule has 0 spiro atoms. The second kappa shape index (κ2) is 8.50. The van der Waals surface area contributed by atoms with Crippen molar-refractivity contribution in [2.24, 2.45) is 0 Å². The molecular formula is C13H22N2O4. The molecule has 1 aliphatic heterocycles. The van der Waals surface area contributed by atoms with Crippen LogP contribution in [0.1, 0.15) is 39.0 Å². The number of carbonyl (C=O) groups excluding carboxylic acids is 3. The van der Waals surface area contributed by atoms with Crippen molar-refractivity contribution in [3.63, 3.8) is 0 Å². The summed E-state index contributed by atoms with van der Waals surface area (Å²) in [6.45, 7) is 3.60. The van der Waals surface area contributed by atoms with Gasteiger partial charge in [-0.2, -0.15) is 0 Å². The van der Waals surface area contributed by atoms with E-state index >= 15 is 0 Å². The third-order valence-corrected chi connectivity index (χ3v) is 3.01. The minimum atomic E-state index is -0.389. The van der Waals surface area contributed by atoms with Crippen LogP contribution in [0, 0.1) is 0 Å². The second-order valence-corrected chi connectivity index (χ2v) is 4.52. The number of rotatable bonds is 6. The molecule has 1 saturated heterocycles. The van der Waals surface area contributed by atoms with Crippen LogP contribution in [-0.2, 0) is 19.1 Å². The highest BCUT2D eigenvalue weighted by molar-refractivity contribution is 5.86. The standard InChI is InChI=1S/C13H22N2O4/c1-2-19-13(18)7-6-11(16)14-10-12(17)15-8-4-3-5-9-15/h2-10H2,1H3,(H,14,16). The number of hydrogen-bond donors (Lipinski definition) is 1. The molecule has 0 unspecified atom stereocenters. The van der Waals surface area contributed by atoms with Crippen LogP contribution in [-0.4, -0.2) is 48.9 Å². The van der Waals surface area contributed by atoms with E-state index in [1.54, 1.807) is 11.8 Å². The fraction of sp³-hybridized carbons (Fsp3) is 0.769. The lowest BCUT2D eigenvalue weighted by Gasteiger charge is -2.26. The van der Waals surface area contributed by atoms with E-state index in [2.05, 4.69) is 5.32 Å². The molecule has 0 aromatic carbocycles. The Morgan fingerprint density at radius 3 is 2.42 bits per heavy atom. The number of nitrogens with zero attached hydrogens (tertiary/aromatic N) is 1. The van der Waals surface area contributed by atoms with Crippen LogP contribution in [0.2, 0.25) is 0 Å². The predicted octanol–water partition coefficient (Wildman–Crippen LogP) is 0.458. The van der Waals surface area contributed by atoms with E-state index < -0.39 is 0 Å². The highest BCUT2D eigenvalue weighted by Gasteiger charge is 2.17. The maximum absolute atomic E-state index is 11.8. The molecule has 0 bridgehead atoms. The van der Waals surface area contributed by atoms with Crippen molar-refractivity contribution in [2.75, 3.05) is 26.2 Å². The number of likely N-dealkylation sites (tertiary alicyclic amines) is 1. The first-order valence-electron chi connectivity index (χ1n) is 6.83. The van der Waals surface area contributed by atoms with Gasteiger partial charge in [-0.05, 0) is 26.2 Å². The Bertz CT molecular complexity index is 325. The molecule has 2 amide bonds. The van der Waals surface area contributed by atoms with E-state index in [1.807, 2.05) is 0 Å². The molecule has 0 aromatic rings. The summed E-state index contributed by atoms with van der Waals surface area (Å²) in [6.07, 6.45) is 3.34. The summed E-state index contributed by atoms with van der Waals surface area (Å²) in [7, 11) is 0. The summed E-state index contributed by atoms with van der Waals surface area (Å²) < 4.78 is 4.72. The first-order chi connectivity index (χ1) is 9.13. The Kier molecular flexibility index (Phi) is 6.92. The number of piperidine rings is 1. The third-order valence-electron chi connectivity index (χ3n) is 3.01. The molecule has 108 valence electrons. The highest BCUT2D eigenvalue weighted by atomic mass is 16.5. The van der Waals surface area contributed by atoms with Crippen LogP contribution >= 0.6 is 0 Å². The molecule has 0 atom stereocenters. The van der Waals surface area contributed by atoms with Crippen LogP contribution in [0.4, 0.5) is 0 Å². The zero-order valence-corrected chi connectivity index (χ0v) is 11.4. The van der Waals surface area contributed by atoms with E-state index in [0.717, 1.165) is 32.4 Å². The van der Waals surface area contributed by atoms with E-state index in [9.17, 15) is 14.4 Å². The van der Waals surface area contributed by atoms with Crippen LogP contribution in [0.5, 0.6) is 0 Å². The van der Waals surface area contributed by atoms with Gasteiger partial charge < -0.3 is 15.0 Å². The van der Waals surface area contributed by atoms with Gasteiger partial charge in [0.05, 0.1) is 19.6 Å². The van der Waals surface area contributed by atoms with Crippen LogP contribution in [0.3, 0.4) is 0 Å². The maximum Gasteiger partial charge on any atom is 0.306 e. The molecule has 1 N–H and O–H groups in total. The van der Waals surface area contributed by atoms with Gasteiger partial charge in [-0.25, -0.2) is 0 Å². The maximum atomic E-state index is 11.8. The smallest absolute Gasteiger partial charge is 0.306 e. The van der Waals surface area contributed by atoms with E-state index in [0.29, 0.717) is 6.61 Å². The molecule has 1 fully saturated rings. The summed E-state index contributed by atoms with van der Waals surface area (Å²) in [5.41, 5.74) is 0. The summed E-state index contributed by atoms with van der Waals surface area (Å²) in [5, 5.41) is 2.54. The highest BCUT2D eigenvalue weighted by Crippen LogP contribution is 2.08.